The van der Waals surface area contributed by atoms with E-state index in [0.717, 1.165) is 0 Å². The molecule has 1 heterocycles. The predicted molar refractivity (Wildman–Crippen MR) is 102 cm³/mol. The molecule has 0 unspecified atom stereocenters. The highest BCUT2D eigenvalue weighted by Crippen LogP contribution is 2.16. The number of benzene rings is 2. The highest BCUT2D eigenvalue weighted by Gasteiger charge is 2.19. The van der Waals surface area contributed by atoms with E-state index in [1.807, 2.05) is 0 Å². The number of carbonyl (C=O) groups excluding carboxylic acids is 2. The topological polar surface area (TPSA) is 93.1 Å². The van der Waals surface area contributed by atoms with E-state index in [1.54, 1.807) is 25.1 Å². The summed E-state index contributed by atoms with van der Waals surface area (Å²) in [5, 5.41) is 9.05. The lowest BCUT2D eigenvalue weighted by Gasteiger charge is -2.13. The van der Waals surface area contributed by atoms with Crippen LogP contribution >= 0.6 is 0 Å². The number of amides is 2. The second-order valence-corrected chi connectivity index (χ2v) is 5.94. The van der Waals surface area contributed by atoms with Gasteiger partial charge in [-0.05, 0) is 31.2 Å². The van der Waals surface area contributed by atoms with E-state index < -0.39 is 28.8 Å². The van der Waals surface area contributed by atoms with Gasteiger partial charge in [0.15, 0.2) is 5.69 Å². The second-order valence-electron chi connectivity index (χ2n) is 5.94. The van der Waals surface area contributed by atoms with Crippen molar-refractivity contribution in [2.75, 3.05) is 12.4 Å². The van der Waals surface area contributed by atoms with Crippen molar-refractivity contribution in [2.45, 2.75) is 6.92 Å². The molecule has 1 aromatic heterocycles. The maximum atomic E-state index is 14.1. The molecule has 0 bridgehead atoms. The molecule has 3 aromatic rings. The summed E-state index contributed by atoms with van der Waals surface area (Å²) in [6.45, 7) is 1.59. The molecule has 7 nitrogen and oxygen atoms in total. The molecule has 0 saturated heterocycles. The summed E-state index contributed by atoms with van der Waals surface area (Å²) < 4.78 is 15.3. The van der Waals surface area contributed by atoms with Crippen molar-refractivity contribution >= 4 is 17.5 Å². The van der Waals surface area contributed by atoms with Gasteiger partial charge in [0.2, 0.25) is 5.43 Å². The number of nitrogens with zero attached hydrogens (tertiary/aromatic N) is 2. The first kappa shape index (κ1) is 19.0. The summed E-state index contributed by atoms with van der Waals surface area (Å²) in [4.78, 5) is 36.9. The van der Waals surface area contributed by atoms with Gasteiger partial charge < -0.3 is 10.6 Å². The van der Waals surface area contributed by atoms with Crippen LogP contribution in [-0.2, 0) is 0 Å². The van der Waals surface area contributed by atoms with Gasteiger partial charge in [0.05, 0.1) is 11.3 Å². The number of anilines is 1. The van der Waals surface area contributed by atoms with E-state index in [9.17, 15) is 18.8 Å². The van der Waals surface area contributed by atoms with Crippen LogP contribution in [0.1, 0.15) is 26.5 Å². The average Bonchev–Trinajstić information content (AvgIpc) is 2.68. The molecule has 2 amide bonds. The van der Waals surface area contributed by atoms with Gasteiger partial charge in [0.25, 0.3) is 11.8 Å². The van der Waals surface area contributed by atoms with Crippen LogP contribution in [0.4, 0.5) is 10.1 Å². The lowest BCUT2D eigenvalue weighted by atomic mass is 10.1. The molecule has 0 aliphatic carbocycles. The van der Waals surface area contributed by atoms with Crippen molar-refractivity contribution in [2.24, 2.45) is 0 Å². The van der Waals surface area contributed by atoms with Crippen molar-refractivity contribution in [1.82, 2.24) is 15.1 Å². The van der Waals surface area contributed by atoms with Crippen molar-refractivity contribution in [3.8, 4) is 5.69 Å². The van der Waals surface area contributed by atoms with Crippen LogP contribution in [0.25, 0.3) is 5.69 Å². The zero-order valence-electron chi connectivity index (χ0n) is 15.2. The van der Waals surface area contributed by atoms with Gasteiger partial charge in [-0.2, -0.15) is 5.10 Å². The Morgan fingerprint density at radius 1 is 1.04 bits per heavy atom. The fourth-order valence-electron chi connectivity index (χ4n) is 2.68. The van der Waals surface area contributed by atoms with E-state index in [0.29, 0.717) is 5.69 Å². The second kappa shape index (κ2) is 7.83. The largest absolute Gasteiger partial charge is 0.355 e. The number of hydrogen-bond acceptors (Lipinski definition) is 4. The molecule has 0 aliphatic rings. The fraction of sp³-hybridized carbons (Fsp3) is 0.100. The Hall–Kier alpha value is -3.81. The minimum atomic E-state index is -0.800. The lowest BCUT2D eigenvalue weighted by Crippen LogP contribution is -2.28. The molecule has 0 saturated carbocycles. The first-order valence-corrected chi connectivity index (χ1v) is 8.40. The Morgan fingerprint density at radius 3 is 2.43 bits per heavy atom. The molecule has 0 atom stereocenters. The summed E-state index contributed by atoms with van der Waals surface area (Å²) in [6.07, 6.45) is 0. The third-order valence-corrected chi connectivity index (χ3v) is 4.05. The normalized spacial score (nSPS) is 10.4. The Morgan fingerprint density at radius 2 is 1.71 bits per heavy atom. The van der Waals surface area contributed by atoms with Gasteiger partial charge in [-0.25, -0.2) is 9.07 Å². The van der Waals surface area contributed by atoms with Crippen LogP contribution in [0.5, 0.6) is 0 Å². The number of hydrogen-bond donors (Lipinski definition) is 2. The SMILES string of the molecule is CNC(=O)c1ccccc1NC(=O)c1nn(-c2ccccc2F)c(C)cc1=O. The molecule has 2 aromatic carbocycles. The highest BCUT2D eigenvalue weighted by molar-refractivity contribution is 6.08. The molecular weight excluding hydrogens is 363 g/mol. The van der Waals surface area contributed by atoms with Gasteiger partial charge in [0.1, 0.15) is 11.5 Å². The minimum Gasteiger partial charge on any atom is -0.355 e. The predicted octanol–water partition coefficient (Wildman–Crippen LogP) is 2.29. The van der Waals surface area contributed by atoms with Crippen molar-refractivity contribution < 1.29 is 14.0 Å². The van der Waals surface area contributed by atoms with Crippen LogP contribution in [0.3, 0.4) is 0 Å². The molecule has 0 aliphatic heterocycles. The van der Waals surface area contributed by atoms with Gasteiger partial charge in [-0.1, -0.05) is 24.3 Å². The van der Waals surface area contributed by atoms with Crippen LogP contribution in [0, 0.1) is 12.7 Å². The molecule has 2 N–H and O–H groups in total. The fourth-order valence-corrected chi connectivity index (χ4v) is 2.68. The van der Waals surface area contributed by atoms with E-state index in [1.165, 1.54) is 48.1 Å². The Labute approximate surface area is 159 Å². The minimum absolute atomic E-state index is 0.111. The van der Waals surface area contributed by atoms with Crippen LogP contribution < -0.4 is 16.1 Å². The number of nitrogens with one attached hydrogen (secondary N) is 2. The Bertz CT molecular complexity index is 1120. The monoisotopic (exact) mass is 380 g/mol. The van der Waals surface area contributed by atoms with Crippen LogP contribution in [-0.4, -0.2) is 28.6 Å². The quantitative estimate of drug-likeness (QED) is 0.726. The highest BCUT2D eigenvalue weighted by atomic mass is 19.1. The van der Waals surface area contributed by atoms with Crippen molar-refractivity contribution in [3.05, 3.63) is 87.6 Å². The number of carbonyl (C=O) groups is 2. The standard InChI is InChI=1S/C20H17FN4O3/c1-12-11-17(26)18(24-25(12)16-10-6-4-8-14(16)21)20(28)23-15-9-5-3-7-13(15)19(27)22-2/h3-11H,1-2H3,(H,22,27)(H,23,28). The third kappa shape index (κ3) is 3.66. The summed E-state index contributed by atoms with van der Waals surface area (Å²) in [7, 11) is 1.47. The van der Waals surface area contributed by atoms with Gasteiger partial charge >= 0.3 is 0 Å². The van der Waals surface area contributed by atoms with E-state index in [2.05, 4.69) is 15.7 Å². The number of aromatic nitrogens is 2. The van der Waals surface area contributed by atoms with Crippen molar-refractivity contribution in [3.63, 3.8) is 0 Å². The van der Waals surface area contributed by atoms with Crippen molar-refractivity contribution in [1.29, 1.82) is 0 Å². The summed E-state index contributed by atoms with van der Waals surface area (Å²) in [5.41, 5.74) is -0.0799. The average molecular weight is 380 g/mol. The number of halogens is 1. The maximum absolute atomic E-state index is 14.1. The Kier molecular flexibility index (Phi) is 5.30. The smallest absolute Gasteiger partial charge is 0.280 e. The molecule has 0 spiro atoms. The zero-order valence-corrected chi connectivity index (χ0v) is 15.2. The van der Waals surface area contributed by atoms with Crippen LogP contribution in [0.2, 0.25) is 0 Å². The summed E-state index contributed by atoms with van der Waals surface area (Å²) in [5.74, 6) is -1.74. The molecule has 142 valence electrons. The van der Waals surface area contributed by atoms with Gasteiger partial charge in [-0.3, -0.25) is 14.4 Å². The molecule has 0 fully saturated rings. The number of rotatable bonds is 4. The van der Waals surface area contributed by atoms with E-state index in [4.69, 9.17) is 0 Å². The maximum Gasteiger partial charge on any atom is 0.280 e. The summed E-state index contributed by atoms with van der Waals surface area (Å²) in [6, 6.07) is 13.5. The van der Waals surface area contributed by atoms with E-state index in [-0.39, 0.29) is 16.9 Å². The molecule has 3 rings (SSSR count). The van der Waals surface area contributed by atoms with Crippen LogP contribution in [0.15, 0.2) is 59.4 Å². The molecule has 28 heavy (non-hydrogen) atoms. The first-order valence-electron chi connectivity index (χ1n) is 8.40. The zero-order chi connectivity index (χ0) is 20.3. The molecule has 8 heteroatoms. The van der Waals surface area contributed by atoms with Gasteiger partial charge in [0, 0.05) is 18.8 Å². The van der Waals surface area contributed by atoms with Gasteiger partial charge in [-0.15, -0.1) is 0 Å². The molecular formula is C20H17FN4O3. The Balaban J connectivity index is 2.02. The lowest BCUT2D eigenvalue weighted by molar-refractivity contribution is 0.0964. The number of aryl methyl sites for hydroxylation is 1. The summed E-state index contributed by atoms with van der Waals surface area (Å²) >= 11 is 0. The third-order valence-electron chi connectivity index (χ3n) is 4.05. The first-order chi connectivity index (χ1) is 13.4. The molecule has 0 radical (unpaired) electrons. The number of para-hydroxylation sites is 2. The van der Waals surface area contributed by atoms with E-state index >= 15 is 0 Å².